The smallest absolute Gasteiger partial charge is 0.261 e. The van der Waals surface area contributed by atoms with Crippen molar-refractivity contribution in [3.05, 3.63) is 60.1 Å². The summed E-state index contributed by atoms with van der Waals surface area (Å²) in [7, 11) is -1.81. The summed E-state index contributed by atoms with van der Waals surface area (Å²) in [5.74, 6) is 0.328. The predicted octanol–water partition coefficient (Wildman–Crippen LogP) is 3.10. The Morgan fingerprint density at radius 3 is 2.42 bits per heavy atom. The number of pyridine rings is 1. The fraction of sp³-hybridized carbons (Fsp3) is 0.348. The van der Waals surface area contributed by atoms with Gasteiger partial charge in [0.05, 0.1) is 22.0 Å². The van der Waals surface area contributed by atoms with Gasteiger partial charge in [0, 0.05) is 43.5 Å². The minimum atomic E-state index is -3.91. The second-order valence-electron chi connectivity index (χ2n) is 8.08. The molecule has 174 valence electrons. The Hall–Kier alpha value is -3.11. The molecule has 0 atom stereocenters. The molecule has 3 heterocycles. The molecule has 0 amide bonds. The number of piperazine rings is 1. The fourth-order valence-electron chi connectivity index (χ4n) is 3.82. The Balaban J connectivity index is 1.74. The van der Waals surface area contributed by atoms with Gasteiger partial charge in [-0.2, -0.15) is 0 Å². The van der Waals surface area contributed by atoms with Crippen LogP contribution in [0.1, 0.15) is 18.3 Å². The van der Waals surface area contributed by atoms with Crippen LogP contribution >= 0.6 is 0 Å². The molecule has 1 saturated heterocycles. The third kappa shape index (κ3) is 4.96. The summed E-state index contributed by atoms with van der Waals surface area (Å²) in [4.78, 5) is 18.0. The average molecular weight is 471 g/mol. The van der Waals surface area contributed by atoms with Gasteiger partial charge >= 0.3 is 0 Å². The van der Waals surface area contributed by atoms with Crippen LogP contribution in [0.15, 0.2) is 47.8 Å². The van der Waals surface area contributed by atoms with E-state index in [1.165, 1.54) is 12.1 Å². The first kappa shape index (κ1) is 23.1. The minimum absolute atomic E-state index is 0.0240. The highest BCUT2D eigenvalue weighted by Crippen LogP contribution is 2.34. The monoisotopic (exact) mass is 470 g/mol. The standard InChI is InChI=1S/C23H27FN6O2S/c1-4-20-22(23(27-15-26-20)30-11-9-29(3)10-12-30)17-13-21(16(2)25-14-17)28-33(31,32)19-7-5-18(24)6-8-19/h5-8,13-15,28H,4,9-12H2,1-3H3. The highest BCUT2D eigenvalue weighted by molar-refractivity contribution is 7.92. The van der Waals surface area contributed by atoms with E-state index in [0.717, 1.165) is 61.0 Å². The lowest BCUT2D eigenvalue weighted by atomic mass is 10.0. The Bertz CT molecular complexity index is 1240. The molecule has 3 aromatic rings. The second-order valence-corrected chi connectivity index (χ2v) is 9.76. The minimum Gasteiger partial charge on any atom is -0.353 e. The molecule has 1 fully saturated rings. The van der Waals surface area contributed by atoms with Crippen molar-refractivity contribution >= 4 is 21.5 Å². The number of aromatic nitrogens is 3. The zero-order valence-electron chi connectivity index (χ0n) is 18.9. The fourth-order valence-corrected chi connectivity index (χ4v) is 4.93. The van der Waals surface area contributed by atoms with Crippen molar-refractivity contribution in [2.45, 2.75) is 25.2 Å². The lowest BCUT2D eigenvalue weighted by molar-refractivity contribution is 0.312. The van der Waals surface area contributed by atoms with Gasteiger partial charge < -0.3 is 9.80 Å². The normalized spacial score (nSPS) is 15.0. The van der Waals surface area contributed by atoms with Gasteiger partial charge in [-0.3, -0.25) is 9.71 Å². The molecular weight excluding hydrogens is 443 g/mol. The van der Waals surface area contributed by atoms with E-state index < -0.39 is 15.8 Å². The van der Waals surface area contributed by atoms with Crippen LogP contribution < -0.4 is 9.62 Å². The topological polar surface area (TPSA) is 91.3 Å². The van der Waals surface area contributed by atoms with Crippen LogP contribution in [-0.4, -0.2) is 61.5 Å². The van der Waals surface area contributed by atoms with Gasteiger partial charge in [-0.1, -0.05) is 6.92 Å². The number of benzene rings is 1. The van der Waals surface area contributed by atoms with Crippen molar-refractivity contribution in [2.75, 3.05) is 42.8 Å². The first-order valence-electron chi connectivity index (χ1n) is 10.8. The van der Waals surface area contributed by atoms with Crippen LogP contribution in [-0.2, 0) is 16.4 Å². The number of hydrogen-bond donors (Lipinski definition) is 1. The molecule has 33 heavy (non-hydrogen) atoms. The van der Waals surface area contributed by atoms with Gasteiger partial charge in [-0.05, 0) is 50.7 Å². The lowest BCUT2D eigenvalue weighted by Crippen LogP contribution is -2.45. The van der Waals surface area contributed by atoms with Crippen LogP contribution in [0, 0.1) is 12.7 Å². The quantitative estimate of drug-likeness (QED) is 0.592. The molecule has 0 bridgehead atoms. The number of nitrogens with zero attached hydrogens (tertiary/aromatic N) is 5. The van der Waals surface area contributed by atoms with E-state index in [2.05, 4.69) is 36.5 Å². The first-order valence-corrected chi connectivity index (χ1v) is 12.3. The van der Waals surface area contributed by atoms with Gasteiger partial charge in [0.1, 0.15) is 18.0 Å². The average Bonchev–Trinajstić information content (AvgIpc) is 2.81. The number of aryl methyl sites for hydroxylation is 2. The van der Waals surface area contributed by atoms with Crippen LogP contribution in [0.4, 0.5) is 15.9 Å². The number of sulfonamides is 1. The third-order valence-electron chi connectivity index (χ3n) is 5.79. The second kappa shape index (κ2) is 9.40. The van der Waals surface area contributed by atoms with E-state index in [4.69, 9.17) is 0 Å². The molecule has 0 saturated carbocycles. The molecule has 0 unspecified atom stereocenters. The van der Waals surface area contributed by atoms with Gasteiger partial charge in [0.2, 0.25) is 0 Å². The maximum absolute atomic E-state index is 13.2. The molecule has 1 aliphatic heterocycles. The molecule has 1 N–H and O–H groups in total. The number of anilines is 2. The Labute approximate surface area is 193 Å². The van der Waals surface area contributed by atoms with Gasteiger partial charge in [-0.25, -0.2) is 22.8 Å². The molecule has 0 radical (unpaired) electrons. The summed E-state index contributed by atoms with van der Waals surface area (Å²) < 4.78 is 41.6. The van der Waals surface area contributed by atoms with Gasteiger partial charge in [0.15, 0.2) is 0 Å². The molecule has 0 spiro atoms. The van der Waals surface area contributed by atoms with E-state index in [1.807, 2.05) is 6.92 Å². The summed E-state index contributed by atoms with van der Waals surface area (Å²) in [5.41, 5.74) is 3.35. The summed E-state index contributed by atoms with van der Waals surface area (Å²) in [6.45, 7) is 7.30. The molecule has 1 aromatic carbocycles. The molecular formula is C23H27FN6O2S. The number of rotatable bonds is 6. The van der Waals surface area contributed by atoms with E-state index in [1.54, 1.807) is 25.5 Å². The number of halogens is 1. The van der Waals surface area contributed by atoms with Crippen molar-refractivity contribution < 1.29 is 12.8 Å². The zero-order chi connectivity index (χ0) is 23.6. The Morgan fingerprint density at radius 1 is 1.06 bits per heavy atom. The lowest BCUT2D eigenvalue weighted by Gasteiger charge is -2.34. The molecule has 10 heteroatoms. The van der Waals surface area contributed by atoms with Crippen molar-refractivity contribution in [3.8, 4) is 11.1 Å². The molecule has 1 aliphatic rings. The number of likely N-dealkylation sites (N-methyl/N-ethyl adjacent to an activating group) is 1. The van der Waals surface area contributed by atoms with E-state index in [9.17, 15) is 12.8 Å². The first-order chi connectivity index (χ1) is 15.8. The molecule has 0 aliphatic carbocycles. The van der Waals surface area contributed by atoms with E-state index in [0.29, 0.717) is 17.8 Å². The summed E-state index contributed by atoms with van der Waals surface area (Å²) >= 11 is 0. The van der Waals surface area contributed by atoms with E-state index >= 15 is 0 Å². The summed E-state index contributed by atoms with van der Waals surface area (Å²) in [6, 6.07) is 6.47. The summed E-state index contributed by atoms with van der Waals surface area (Å²) in [5, 5.41) is 0. The summed E-state index contributed by atoms with van der Waals surface area (Å²) in [6.07, 6.45) is 4.00. The molecule has 4 rings (SSSR count). The number of nitrogens with one attached hydrogen (secondary N) is 1. The highest BCUT2D eigenvalue weighted by Gasteiger charge is 2.23. The number of hydrogen-bond acceptors (Lipinski definition) is 7. The largest absolute Gasteiger partial charge is 0.353 e. The SMILES string of the molecule is CCc1ncnc(N2CCN(C)CC2)c1-c1cnc(C)c(NS(=O)(=O)c2ccc(F)cc2)c1. The van der Waals surface area contributed by atoms with Crippen molar-refractivity contribution in [2.24, 2.45) is 0 Å². The van der Waals surface area contributed by atoms with Crippen molar-refractivity contribution in [3.63, 3.8) is 0 Å². The van der Waals surface area contributed by atoms with Crippen molar-refractivity contribution in [1.29, 1.82) is 0 Å². The van der Waals surface area contributed by atoms with E-state index in [-0.39, 0.29) is 4.90 Å². The van der Waals surface area contributed by atoms with Crippen LogP contribution in [0.3, 0.4) is 0 Å². The molecule has 8 nitrogen and oxygen atoms in total. The van der Waals surface area contributed by atoms with Gasteiger partial charge in [-0.15, -0.1) is 0 Å². The molecule has 2 aromatic heterocycles. The highest BCUT2D eigenvalue weighted by atomic mass is 32.2. The van der Waals surface area contributed by atoms with Crippen LogP contribution in [0.5, 0.6) is 0 Å². The maximum Gasteiger partial charge on any atom is 0.261 e. The predicted molar refractivity (Wildman–Crippen MR) is 126 cm³/mol. The third-order valence-corrected chi connectivity index (χ3v) is 7.17. The zero-order valence-corrected chi connectivity index (χ0v) is 19.7. The van der Waals surface area contributed by atoms with Crippen molar-refractivity contribution in [1.82, 2.24) is 19.9 Å². The van der Waals surface area contributed by atoms with Crippen LogP contribution in [0.25, 0.3) is 11.1 Å². The maximum atomic E-state index is 13.2. The van der Waals surface area contributed by atoms with Gasteiger partial charge in [0.25, 0.3) is 10.0 Å². The Morgan fingerprint density at radius 2 is 1.76 bits per heavy atom. The Kier molecular flexibility index (Phi) is 6.57. The van der Waals surface area contributed by atoms with Crippen LogP contribution in [0.2, 0.25) is 0 Å².